The number of hydrogen-bond acceptors (Lipinski definition) is 6. The molecule has 0 aliphatic rings. The Bertz CT molecular complexity index is 957. The van der Waals surface area contributed by atoms with Crippen LogP contribution in [-0.4, -0.2) is 34.7 Å². The van der Waals surface area contributed by atoms with Crippen LogP contribution in [0.2, 0.25) is 0 Å². The Balaban J connectivity index is 1.76. The van der Waals surface area contributed by atoms with Gasteiger partial charge in [-0.2, -0.15) is 0 Å². The van der Waals surface area contributed by atoms with Gasteiger partial charge in [-0.15, -0.1) is 0 Å². The van der Waals surface area contributed by atoms with Crippen LogP contribution in [0.1, 0.15) is 17.1 Å². The first-order chi connectivity index (χ1) is 11.9. The van der Waals surface area contributed by atoms with Crippen LogP contribution in [0.25, 0.3) is 11.4 Å². The molecule has 3 aromatic heterocycles. The first kappa shape index (κ1) is 17.3. The van der Waals surface area contributed by atoms with Gasteiger partial charge in [-0.1, -0.05) is 5.16 Å². The summed E-state index contributed by atoms with van der Waals surface area (Å²) in [7, 11) is -3.67. The van der Waals surface area contributed by atoms with Crippen LogP contribution >= 0.6 is 0 Å². The highest BCUT2D eigenvalue weighted by Crippen LogP contribution is 2.20. The molecule has 0 aliphatic heterocycles. The average molecular weight is 361 g/mol. The minimum absolute atomic E-state index is 0.101. The minimum Gasteiger partial charge on any atom is -0.360 e. The van der Waals surface area contributed by atoms with Crippen molar-refractivity contribution < 1.29 is 12.9 Å². The standard InChI is InChI=1S/C16H19N5O3S/c1-11-10-18-16(14-4-6-17-7-5-14)21(11)9-8-19-25(22,23)15-12(2)20-24-13(15)3/h4-7,10,19H,8-9H2,1-3H3. The Morgan fingerprint density at radius 1 is 1.20 bits per heavy atom. The molecule has 25 heavy (non-hydrogen) atoms. The summed E-state index contributed by atoms with van der Waals surface area (Å²) in [4.78, 5) is 8.52. The van der Waals surface area contributed by atoms with Crippen molar-refractivity contribution in [2.24, 2.45) is 0 Å². The zero-order valence-corrected chi connectivity index (χ0v) is 15.0. The number of imidazole rings is 1. The normalized spacial score (nSPS) is 11.8. The SMILES string of the molecule is Cc1noc(C)c1S(=O)(=O)NCCn1c(C)cnc1-c1ccncc1. The van der Waals surface area contributed by atoms with Gasteiger partial charge in [0.25, 0.3) is 0 Å². The summed E-state index contributed by atoms with van der Waals surface area (Å²) in [6, 6.07) is 3.73. The summed E-state index contributed by atoms with van der Waals surface area (Å²) in [5, 5.41) is 3.69. The van der Waals surface area contributed by atoms with Crippen molar-refractivity contribution in [3.8, 4) is 11.4 Å². The Labute approximate surface area is 146 Å². The van der Waals surface area contributed by atoms with Gasteiger partial charge >= 0.3 is 0 Å². The molecule has 0 saturated heterocycles. The summed E-state index contributed by atoms with van der Waals surface area (Å²) >= 11 is 0. The monoisotopic (exact) mass is 361 g/mol. The van der Waals surface area contributed by atoms with E-state index in [9.17, 15) is 8.42 Å². The van der Waals surface area contributed by atoms with Gasteiger partial charge in [-0.05, 0) is 32.9 Å². The van der Waals surface area contributed by atoms with Gasteiger partial charge in [-0.3, -0.25) is 4.98 Å². The van der Waals surface area contributed by atoms with Gasteiger partial charge in [0.2, 0.25) is 10.0 Å². The number of nitrogens with one attached hydrogen (secondary N) is 1. The van der Waals surface area contributed by atoms with Crippen molar-refractivity contribution in [1.29, 1.82) is 0 Å². The van der Waals surface area contributed by atoms with E-state index >= 15 is 0 Å². The highest BCUT2D eigenvalue weighted by Gasteiger charge is 2.23. The summed E-state index contributed by atoms with van der Waals surface area (Å²) in [6.45, 7) is 5.79. The number of rotatable bonds is 6. The molecule has 3 aromatic rings. The zero-order valence-electron chi connectivity index (χ0n) is 14.2. The highest BCUT2D eigenvalue weighted by molar-refractivity contribution is 7.89. The molecule has 0 fully saturated rings. The van der Waals surface area contributed by atoms with Crippen molar-refractivity contribution in [3.63, 3.8) is 0 Å². The van der Waals surface area contributed by atoms with Crippen molar-refractivity contribution >= 4 is 10.0 Å². The fraction of sp³-hybridized carbons (Fsp3) is 0.312. The molecule has 0 unspecified atom stereocenters. The van der Waals surface area contributed by atoms with Gasteiger partial charge in [0.15, 0.2) is 5.76 Å². The zero-order chi connectivity index (χ0) is 18.0. The summed E-state index contributed by atoms with van der Waals surface area (Å²) in [5.41, 5.74) is 2.22. The topological polar surface area (TPSA) is 103 Å². The van der Waals surface area contributed by atoms with E-state index < -0.39 is 10.0 Å². The first-order valence-electron chi connectivity index (χ1n) is 7.75. The lowest BCUT2D eigenvalue weighted by Gasteiger charge is -2.11. The molecule has 0 amide bonds. The molecule has 132 valence electrons. The molecule has 0 atom stereocenters. The lowest BCUT2D eigenvalue weighted by molar-refractivity contribution is 0.390. The maximum atomic E-state index is 12.5. The third-order valence-corrected chi connectivity index (χ3v) is 5.56. The molecule has 3 heterocycles. The second kappa shape index (κ2) is 6.77. The van der Waals surface area contributed by atoms with Crippen molar-refractivity contribution in [3.05, 3.63) is 47.9 Å². The van der Waals surface area contributed by atoms with Gasteiger partial charge in [0.1, 0.15) is 16.4 Å². The van der Waals surface area contributed by atoms with Crippen molar-refractivity contribution in [1.82, 2.24) is 24.4 Å². The number of aryl methyl sites for hydroxylation is 3. The number of sulfonamides is 1. The molecule has 0 saturated carbocycles. The van der Waals surface area contributed by atoms with Crippen LogP contribution in [0.15, 0.2) is 40.1 Å². The lowest BCUT2D eigenvalue weighted by Crippen LogP contribution is -2.28. The maximum Gasteiger partial charge on any atom is 0.246 e. The number of aromatic nitrogens is 4. The van der Waals surface area contributed by atoms with E-state index in [0.717, 1.165) is 17.1 Å². The van der Waals surface area contributed by atoms with Gasteiger partial charge in [-0.25, -0.2) is 18.1 Å². The Morgan fingerprint density at radius 2 is 1.92 bits per heavy atom. The van der Waals surface area contributed by atoms with E-state index in [-0.39, 0.29) is 17.2 Å². The van der Waals surface area contributed by atoms with Crippen molar-refractivity contribution in [2.45, 2.75) is 32.2 Å². The largest absolute Gasteiger partial charge is 0.360 e. The van der Waals surface area contributed by atoms with Crippen LogP contribution in [0.5, 0.6) is 0 Å². The third kappa shape index (κ3) is 3.47. The Hall–Kier alpha value is -2.52. The van der Waals surface area contributed by atoms with E-state index in [1.807, 2.05) is 23.6 Å². The number of pyridine rings is 1. The third-order valence-electron chi connectivity index (χ3n) is 3.86. The van der Waals surface area contributed by atoms with Gasteiger partial charge < -0.3 is 9.09 Å². The van der Waals surface area contributed by atoms with E-state index in [0.29, 0.717) is 12.2 Å². The molecule has 0 radical (unpaired) electrons. The van der Waals surface area contributed by atoms with Crippen LogP contribution < -0.4 is 4.72 Å². The second-order valence-corrected chi connectivity index (χ2v) is 7.37. The van der Waals surface area contributed by atoms with Gasteiger partial charge in [0.05, 0.1) is 0 Å². The quantitative estimate of drug-likeness (QED) is 0.718. The second-order valence-electron chi connectivity index (χ2n) is 5.66. The van der Waals surface area contributed by atoms with E-state index in [1.54, 1.807) is 32.4 Å². The smallest absolute Gasteiger partial charge is 0.246 e. The van der Waals surface area contributed by atoms with Crippen LogP contribution in [0.4, 0.5) is 0 Å². The first-order valence-corrected chi connectivity index (χ1v) is 9.23. The molecule has 8 nitrogen and oxygen atoms in total. The van der Waals surface area contributed by atoms with Gasteiger partial charge in [0, 0.05) is 42.9 Å². The molecule has 0 bridgehead atoms. The van der Waals surface area contributed by atoms with Crippen LogP contribution in [-0.2, 0) is 16.6 Å². The van der Waals surface area contributed by atoms with E-state index in [4.69, 9.17) is 4.52 Å². The molecule has 3 rings (SSSR count). The summed E-state index contributed by atoms with van der Waals surface area (Å²) < 4.78 is 34.4. The Kier molecular flexibility index (Phi) is 4.69. The Morgan fingerprint density at radius 3 is 2.56 bits per heavy atom. The van der Waals surface area contributed by atoms with E-state index in [1.165, 1.54) is 0 Å². The maximum absolute atomic E-state index is 12.5. The molecule has 1 N–H and O–H groups in total. The average Bonchev–Trinajstić information content (AvgIpc) is 3.11. The molecule has 9 heteroatoms. The molecular formula is C16H19N5O3S. The lowest BCUT2D eigenvalue weighted by atomic mass is 10.2. The van der Waals surface area contributed by atoms with E-state index in [2.05, 4.69) is 19.8 Å². The molecule has 0 aliphatic carbocycles. The number of hydrogen-bond donors (Lipinski definition) is 1. The summed E-state index contributed by atoms with van der Waals surface area (Å²) in [5.74, 6) is 1.05. The highest BCUT2D eigenvalue weighted by atomic mass is 32.2. The molecule has 0 aromatic carbocycles. The predicted molar refractivity (Wildman–Crippen MR) is 91.4 cm³/mol. The molecule has 0 spiro atoms. The van der Waals surface area contributed by atoms with Crippen LogP contribution in [0.3, 0.4) is 0 Å². The molecular weight excluding hydrogens is 342 g/mol. The predicted octanol–water partition coefficient (Wildman–Crippen LogP) is 1.84. The number of nitrogens with zero attached hydrogens (tertiary/aromatic N) is 4. The van der Waals surface area contributed by atoms with Crippen molar-refractivity contribution in [2.75, 3.05) is 6.54 Å². The summed E-state index contributed by atoms with van der Waals surface area (Å²) in [6.07, 6.45) is 5.16. The fourth-order valence-corrected chi connectivity index (χ4v) is 4.04. The van der Waals surface area contributed by atoms with Crippen LogP contribution in [0, 0.1) is 20.8 Å². The fourth-order valence-electron chi connectivity index (χ4n) is 2.70. The minimum atomic E-state index is -3.67.